The second-order valence-electron chi connectivity index (χ2n) is 3.93. The van der Waals surface area contributed by atoms with Gasteiger partial charge < -0.3 is 24.8 Å². The zero-order valence-electron chi connectivity index (χ0n) is 10.3. The molecule has 4 heteroatoms. The zero-order valence-corrected chi connectivity index (χ0v) is 11.8. The molecule has 0 fully saturated rings. The lowest BCUT2D eigenvalue weighted by Crippen LogP contribution is -3.00. The molecule has 2 nitrogen and oxygen atoms in total. The molecule has 0 saturated heterocycles. The van der Waals surface area contributed by atoms with Crippen LogP contribution in [0.25, 0.3) is 0 Å². The van der Waals surface area contributed by atoms with Gasteiger partial charge in [0.2, 0.25) is 0 Å². The summed E-state index contributed by atoms with van der Waals surface area (Å²) in [6.07, 6.45) is 10.9. The Hall–Kier alpha value is -1.12. The van der Waals surface area contributed by atoms with Crippen LogP contribution in [0.2, 0.25) is 0 Å². The molecule has 98 valence electrons. The minimum atomic E-state index is 0. The molecule has 0 aliphatic rings. The quantitative estimate of drug-likeness (QED) is 0.388. The maximum absolute atomic E-state index is 2.23. The molecule has 0 aliphatic carbocycles. The molecule has 2 heterocycles. The number of hydrogen-bond acceptors (Lipinski definition) is 0. The summed E-state index contributed by atoms with van der Waals surface area (Å²) >= 11 is 0. The van der Waals surface area contributed by atoms with E-state index in [1.165, 1.54) is 12.8 Å². The molecular formula is C14H18Cl2N2. The molecule has 0 N–H and O–H groups in total. The fourth-order valence-electron chi connectivity index (χ4n) is 1.76. The summed E-state index contributed by atoms with van der Waals surface area (Å²) in [4.78, 5) is 0. The van der Waals surface area contributed by atoms with E-state index in [0.29, 0.717) is 0 Å². The van der Waals surface area contributed by atoms with Gasteiger partial charge in [-0.1, -0.05) is 12.1 Å². The van der Waals surface area contributed by atoms with Crippen LogP contribution in [0.5, 0.6) is 0 Å². The van der Waals surface area contributed by atoms with Crippen molar-refractivity contribution in [3.63, 3.8) is 0 Å². The van der Waals surface area contributed by atoms with Gasteiger partial charge >= 0.3 is 0 Å². The van der Waals surface area contributed by atoms with E-state index in [1.54, 1.807) is 0 Å². The average Bonchev–Trinajstić information content (AvgIpc) is 2.37. The van der Waals surface area contributed by atoms with Crippen molar-refractivity contribution in [2.24, 2.45) is 0 Å². The Bertz CT molecular complexity index is 365. The Morgan fingerprint density at radius 2 is 0.833 bits per heavy atom. The second kappa shape index (κ2) is 9.86. The van der Waals surface area contributed by atoms with Crippen LogP contribution < -0.4 is 33.9 Å². The average molecular weight is 285 g/mol. The third kappa shape index (κ3) is 5.99. The molecule has 0 bridgehead atoms. The molecule has 0 aliphatic heterocycles. The van der Waals surface area contributed by atoms with Crippen LogP contribution in [0.15, 0.2) is 61.2 Å². The van der Waals surface area contributed by atoms with E-state index in [-0.39, 0.29) is 24.8 Å². The smallest absolute Gasteiger partial charge is 0.168 e. The number of nitrogens with zero attached hydrogens (tertiary/aromatic N) is 2. The third-order valence-electron chi connectivity index (χ3n) is 2.64. The number of unbranched alkanes of at least 4 members (excludes halogenated alkanes) is 1. The summed E-state index contributed by atoms with van der Waals surface area (Å²) in [7, 11) is 0. The van der Waals surface area contributed by atoms with E-state index in [4.69, 9.17) is 0 Å². The van der Waals surface area contributed by atoms with Crippen molar-refractivity contribution in [2.75, 3.05) is 0 Å². The van der Waals surface area contributed by atoms with Crippen molar-refractivity contribution < 1.29 is 33.9 Å². The van der Waals surface area contributed by atoms with Crippen LogP contribution in [-0.2, 0) is 13.1 Å². The van der Waals surface area contributed by atoms with Gasteiger partial charge in [0.05, 0.1) is 0 Å². The van der Waals surface area contributed by atoms with Gasteiger partial charge in [-0.25, -0.2) is 9.13 Å². The van der Waals surface area contributed by atoms with Crippen molar-refractivity contribution in [1.82, 2.24) is 0 Å². The molecule has 0 spiro atoms. The molecule has 0 aromatic carbocycles. The predicted octanol–water partition coefficient (Wildman–Crippen LogP) is -4.25. The van der Waals surface area contributed by atoms with Crippen LogP contribution in [0.1, 0.15) is 12.8 Å². The summed E-state index contributed by atoms with van der Waals surface area (Å²) < 4.78 is 4.46. The van der Waals surface area contributed by atoms with E-state index < -0.39 is 0 Å². The summed E-state index contributed by atoms with van der Waals surface area (Å²) in [5, 5.41) is 0. The van der Waals surface area contributed by atoms with Gasteiger partial charge in [-0.2, -0.15) is 0 Å². The molecule has 0 unspecified atom stereocenters. The molecule has 0 radical (unpaired) electrons. The van der Waals surface area contributed by atoms with Gasteiger partial charge in [-0.05, 0) is 0 Å². The van der Waals surface area contributed by atoms with Gasteiger partial charge in [0.15, 0.2) is 24.8 Å². The van der Waals surface area contributed by atoms with E-state index in [1.807, 2.05) is 0 Å². The molecule has 0 saturated carbocycles. The van der Waals surface area contributed by atoms with Crippen molar-refractivity contribution >= 4 is 0 Å². The number of aryl methyl sites for hydroxylation is 2. The lowest BCUT2D eigenvalue weighted by molar-refractivity contribution is -0.708. The van der Waals surface area contributed by atoms with Gasteiger partial charge in [0.25, 0.3) is 0 Å². The predicted molar refractivity (Wildman–Crippen MR) is 62.5 cm³/mol. The fourth-order valence-corrected chi connectivity index (χ4v) is 1.76. The second-order valence-corrected chi connectivity index (χ2v) is 3.93. The Morgan fingerprint density at radius 1 is 0.500 bits per heavy atom. The Morgan fingerprint density at radius 3 is 1.17 bits per heavy atom. The SMILES string of the molecule is [Cl-].[Cl-].c1cc[n+](CCCC[n+]2ccccc2)cc1. The molecule has 2 aromatic rings. The topological polar surface area (TPSA) is 7.76 Å². The van der Waals surface area contributed by atoms with Crippen LogP contribution in [0.3, 0.4) is 0 Å². The molecule has 2 aromatic heterocycles. The van der Waals surface area contributed by atoms with E-state index in [0.717, 1.165) is 13.1 Å². The number of hydrogen-bond donors (Lipinski definition) is 0. The summed E-state index contributed by atoms with van der Waals surface area (Å²) in [5.74, 6) is 0. The number of halogens is 2. The molecule has 2 rings (SSSR count). The van der Waals surface area contributed by atoms with Crippen LogP contribution in [0.4, 0.5) is 0 Å². The maximum Gasteiger partial charge on any atom is 0.168 e. The highest BCUT2D eigenvalue weighted by Crippen LogP contribution is 1.89. The molecular weight excluding hydrogens is 267 g/mol. The summed E-state index contributed by atoms with van der Waals surface area (Å²) in [5.41, 5.74) is 0. The summed E-state index contributed by atoms with van der Waals surface area (Å²) in [6, 6.07) is 12.4. The first-order valence-electron chi connectivity index (χ1n) is 5.83. The highest BCUT2D eigenvalue weighted by molar-refractivity contribution is 4.84. The van der Waals surface area contributed by atoms with E-state index >= 15 is 0 Å². The highest BCUT2D eigenvalue weighted by atomic mass is 35.5. The first kappa shape index (κ1) is 16.9. The minimum Gasteiger partial charge on any atom is -1.00 e. The van der Waals surface area contributed by atoms with Crippen molar-refractivity contribution in [3.05, 3.63) is 61.2 Å². The molecule has 18 heavy (non-hydrogen) atoms. The van der Waals surface area contributed by atoms with Crippen LogP contribution in [0, 0.1) is 0 Å². The van der Waals surface area contributed by atoms with Gasteiger partial charge in [0, 0.05) is 37.1 Å². The van der Waals surface area contributed by atoms with Crippen molar-refractivity contribution in [3.8, 4) is 0 Å². The van der Waals surface area contributed by atoms with Crippen molar-refractivity contribution in [1.29, 1.82) is 0 Å². The van der Waals surface area contributed by atoms with Gasteiger partial charge in [0.1, 0.15) is 13.1 Å². The lowest BCUT2D eigenvalue weighted by atomic mass is 10.3. The van der Waals surface area contributed by atoms with E-state index in [2.05, 4.69) is 70.3 Å². The maximum atomic E-state index is 2.23. The minimum absolute atomic E-state index is 0. The normalized spacial score (nSPS) is 9.11. The number of rotatable bonds is 5. The molecule has 0 amide bonds. The molecule has 0 atom stereocenters. The van der Waals surface area contributed by atoms with Gasteiger partial charge in [-0.15, -0.1) is 0 Å². The zero-order chi connectivity index (χ0) is 11.1. The fraction of sp³-hybridized carbons (Fsp3) is 0.286. The Labute approximate surface area is 121 Å². The van der Waals surface area contributed by atoms with Gasteiger partial charge in [-0.3, -0.25) is 0 Å². The Balaban J connectivity index is 0.00000144. The standard InChI is InChI=1S/C14H18N2.2ClH/c1-3-9-15(10-4-1)13-7-8-14-16-11-5-2-6-12-16;;/h1-6,9-12H,7-8,13-14H2;2*1H/q+2;;/p-2. The largest absolute Gasteiger partial charge is 1.00 e. The number of aromatic nitrogens is 2. The number of pyridine rings is 2. The van der Waals surface area contributed by atoms with E-state index in [9.17, 15) is 0 Å². The lowest BCUT2D eigenvalue weighted by Gasteiger charge is -1.96. The van der Waals surface area contributed by atoms with Crippen molar-refractivity contribution in [2.45, 2.75) is 25.9 Å². The first-order chi connectivity index (χ1) is 7.95. The highest BCUT2D eigenvalue weighted by Gasteiger charge is 2.01. The Kier molecular flexibility index (Phi) is 9.25. The first-order valence-corrected chi connectivity index (χ1v) is 5.83. The van der Waals surface area contributed by atoms with Crippen LogP contribution in [-0.4, -0.2) is 0 Å². The summed E-state index contributed by atoms with van der Waals surface area (Å²) in [6.45, 7) is 2.21. The monoisotopic (exact) mass is 284 g/mol. The third-order valence-corrected chi connectivity index (χ3v) is 2.64. The van der Waals surface area contributed by atoms with Crippen LogP contribution >= 0.6 is 0 Å².